The van der Waals surface area contributed by atoms with Crippen molar-refractivity contribution >= 4 is 5.91 Å². The van der Waals surface area contributed by atoms with Crippen LogP contribution in [0.4, 0.5) is 0 Å². The molecule has 0 unspecified atom stereocenters. The van der Waals surface area contributed by atoms with E-state index in [0.29, 0.717) is 18.8 Å². The number of rotatable bonds is 2. The Kier molecular flexibility index (Phi) is 3.75. The summed E-state index contributed by atoms with van der Waals surface area (Å²) < 4.78 is 11.4. The zero-order valence-corrected chi connectivity index (χ0v) is 10.7. The molecule has 0 spiro atoms. The van der Waals surface area contributed by atoms with Crippen molar-refractivity contribution in [2.45, 2.75) is 37.5 Å². The molecule has 0 bridgehead atoms. The maximum atomic E-state index is 12.0. The van der Waals surface area contributed by atoms with Crippen LogP contribution < -0.4 is 5.32 Å². The van der Waals surface area contributed by atoms with Crippen LogP contribution in [0.2, 0.25) is 0 Å². The van der Waals surface area contributed by atoms with Gasteiger partial charge in [-0.05, 0) is 31.4 Å². The lowest BCUT2D eigenvalue weighted by Gasteiger charge is -2.39. The highest BCUT2D eigenvalue weighted by molar-refractivity contribution is 5.94. The van der Waals surface area contributed by atoms with Gasteiger partial charge in [0.25, 0.3) is 5.91 Å². The second-order valence-corrected chi connectivity index (χ2v) is 5.04. The largest absolute Gasteiger partial charge is 0.373 e. The first kappa shape index (κ1) is 12.6. The Bertz CT molecular complexity index is 438. The van der Waals surface area contributed by atoms with E-state index in [9.17, 15) is 4.79 Å². The molecule has 2 heterocycles. The maximum Gasteiger partial charge on any atom is 0.253 e. The lowest BCUT2D eigenvalue weighted by molar-refractivity contribution is -0.157. The SMILES string of the molecule is O=C(N[C@@H]1CC[C@H]2OCCO[C@H]2C1)c1cccnc1. The summed E-state index contributed by atoms with van der Waals surface area (Å²) in [7, 11) is 0. The van der Waals surface area contributed by atoms with E-state index in [0.717, 1.165) is 19.3 Å². The summed E-state index contributed by atoms with van der Waals surface area (Å²) in [5, 5.41) is 3.05. The summed E-state index contributed by atoms with van der Waals surface area (Å²) in [6.45, 7) is 1.35. The van der Waals surface area contributed by atoms with Crippen molar-refractivity contribution in [2.24, 2.45) is 0 Å². The molecule has 1 aromatic heterocycles. The fourth-order valence-electron chi connectivity index (χ4n) is 2.76. The van der Waals surface area contributed by atoms with E-state index in [1.165, 1.54) is 0 Å². The predicted octanol–water partition coefficient (Wildman–Crippen LogP) is 1.15. The molecule has 19 heavy (non-hydrogen) atoms. The van der Waals surface area contributed by atoms with Crippen LogP contribution in [0.5, 0.6) is 0 Å². The molecule has 1 saturated heterocycles. The van der Waals surface area contributed by atoms with Gasteiger partial charge < -0.3 is 14.8 Å². The van der Waals surface area contributed by atoms with Gasteiger partial charge in [-0.1, -0.05) is 0 Å². The average Bonchev–Trinajstić information content (AvgIpc) is 2.48. The fourth-order valence-corrected chi connectivity index (χ4v) is 2.76. The van der Waals surface area contributed by atoms with E-state index in [2.05, 4.69) is 10.3 Å². The van der Waals surface area contributed by atoms with Crippen molar-refractivity contribution in [2.75, 3.05) is 13.2 Å². The molecule has 2 aliphatic rings. The molecule has 1 aliphatic heterocycles. The highest BCUT2D eigenvalue weighted by Gasteiger charge is 2.34. The van der Waals surface area contributed by atoms with Crippen molar-refractivity contribution in [1.82, 2.24) is 10.3 Å². The van der Waals surface area contributed by atoms with Gasteiger partial charge in [-0.25, -0.2) is 0 Å². The number of carbonyl (C=O) groups is 1. The summed E-state index contributed by atoms with van der Waals surface area (Å²) in [6.07, 6.45) is 6.30. The van der Waals surface area contributed by atoms with Gasteiger partial charge in [0, 0.05) is 18.4 Å². The van der Waals surface area contributed by atoms with E-state index >= 15 is 0 Å². The van der Waals surface area contributed by atoms with Crippen molar-refractivity contribution in [3.05, 3.63) is 30.1 Å². The summed E-state index contributed by atoms with van der Waals surface area (Å²) in [5.41, 5.74) is 0.602. The van der Waals surface area contributed by atoms with Gasteiger partial charge in [0.1, 0.15) is 0 Å². The lowest BCUT2D eigenvalue weighted by atomic mass is 9.89. The summed E-state index contributed by atoms with van der Waals surface area (Å²) in [5.74, 6) is -0.0618. The van der Waals surface area contributed by atoms with E-state index in [4.69, 9.17) is 9.47 Å². The second-order valence-electron chi connectivity index (χ2n) is 5.04. The van der Waals surface area contributed by atoms with Gasteiger partial charge in [-0.15, -0.1) is 0 Å². The Hall–Kier alpha value is -1.46. The minimum Gasteiger partial charge on any atom is -0.373 e. The Morgan fingerprint density at radius 3 is 2.89 bits per heavy atom. The van der Waals surface area contributed by atoms with Crippen LogP contribution in [0.15, 0.2) is 24.5 Å². The number of nitrogens with one attached hydrogen (secondary N) is 1. The van der Waals surface area contributed by atoms with Gasteiger partial charge in [-0.2, -0.15) is 0 Å². The third kappa shape index (κ3) is 2.93. The maximum absolute atomic E-state index is 12.0. The van der Waals surface area contributed by atoms with E-state index in [1.807, 2.05) is 0 Å². The van der Waals surface area contributed by atoms with Crippen molar-refractivity contribution in [3.8, 4) is 0 Å². The van der Waals surface area contributed by atoms with Gasteiger partial charge in [0.2, 0.25) is 0 Å². The first-order chi connectivity index (χ1) is 9.33. The van der Waals surface area contributed by atoms with Gasteiger partial charge in [-0.3, -0.25) is 9.78 Å². The highest BCUT2D eigenvalue weighted by Crippen LogP contribution is 2.26. The Balaban J connectivity index is 1.57. The molecule has 3 atom stereocenters. The first-order valence-corrected chi connectivity index (χ1v) is 6.77. The van der Waals surface area contributed by atoms with E-state index < -0.39 is 0 Å². The number of amides is 1. The Labute approximate surface area is 112 Å². The number of ether oxygens (including phenoxy) is 2. The summed E-state index contributed by atoms with van der Waals surface area (Å²) in [6, 6.07) is 3.70. The molecule has 1 aliphatic carbocycles. The number of fused-ring (bicyclic) bond motifs is 1. The molecule has 2 fully saturated rings. The third-order valence-corrected chi connectivity index (χ3v) is 3.74. The van der Waals surface area contributed by atoms with E-state index in [1.54, 1.807) is 24.5 Å². The lowest BCUT2D eigenvalue weighted by Crippen LogP contribution is -2.49. The molecule has 1 saturated carbocycles. The van der Waals surface area contributed by atoms with Crippen LogP contribution >= 0.6 is 0 Å². The molecule has 5 heteroatoms. The Morgan fingerprint density at radius 1 is 1.26 bits per heavy atom. The zero-order valence-electron chi connectivity index (χ0n) is 10.7. The molecule has 102 valence electrons. The van der Waals surface area contributed by atoms with Crippen LogP contribution in [0.3, 0.4) is 0 Å². The Morgan fingerprint density at radius 2 is 2.11 bits per heavy atom. The van der Waals surface area contributed by atoms with Crippen LogP contribution in [0.25, 0.3) is 0 Å². The highest BCUT2D eigenvalue weighted by atomic mass is 16.6. The van der Waals surface area contributed by atoms with Crippen molar-refractivity contribution < 1.29 is 14.3 Å². The van der Waals surface area contributed by atoms with Gasteiger partial charge in [0.15, 0.2) is 0 Å². The standard InChI is InChI=1S/C14H18N2O3/c17-14(10-2-1-5-15-9-10)16-11-3-4-12-13(8-11)19-7-6-18-12/h1-2,5,9,11-13H,3-4,6-8H2,(H,16,17)/t11-,12-,13+/m1/s1. The van der Waals surface area contributed by atoms with Crippen LogP contribution in [0, 0.1) is 0 Å². The average molecular weight is 262 g/mol. The molecule has 1 N–H and O–H groups in total. The third-order valence-electron chi connectivity index (χ3n) is 3.74. The van der Waals surface area contributed by atoms with E-state index in [-0.39, 0.29) is 24.2 Å². The zero-order chi connectivity index (χ0) is 13.1. The predicted molar refractivity (Wildman–Crippen MR) is 68.8 cm³/mol. The number of nitrogens with zero attached hydrogens (tertiary/aromatic N) is 1. The van der Waals surface area contributed by atoms with Crippen molar-refractivity contribution in [3.63, 3.8) is 0 Å². The van der Waals surface area contributed by atoms with Crippen LogP contribution in [0.1, 0.15) is 29.6 Å². The smallest absolute Gasteiger partial charge is 0.253 e. The molecule has 0 radical (unpaired) electrons. The summed E-state index contributed by atoms with van der Waals surface area (Å²) in [4.78, 5) is 16.0. The fraction of sp³-hybridized carbons (Fsp3) is 0.571. The topological polar surface area (TPSA) is 60.5 Å². The normalized spacial score (nSPS) is 30.4. The number of aromatic nitrogens is 1. The molecular weight excluding hydrogens is 244 g/mol. The second kappa shape index (κ2) is 5.67. The summed E-state index contributed by atoms with van der Waals surface area (Å²) >= 11 is 0. The minimum absolute atomic E-state index is 0.0618. The van der Waals surface area contributed by atoms with Crippen LogP contribution in [-0.2, 0) is 9.47 Å². The van der Waals surface area contributed by atoms with Crippen molar-refractivity contribution in [1.29, 1.82) is 0 Å². The monoisotopic (exact) mass is 262 g/mol. The number of hydrogen-bond acceptors (Lipinski definition) is 4. The van der Waals surface area contributed by atoms with Gasteiger partial charge >= 0.3 is 0 Å². The number of hydrogen-bond donors (Lipinski definition) is 1. The molecule has 1 aromatic rings. The minimum atomic E-state index is -0.0618. The molecule has 1 amide bonds. The van der Waals surface area contributed by atoms with Gasteiger partial charge in [0.05, 0.1) is 31.0 Å². The number of carbonyl (C=O) groups excluding carboxylic acids is 1. The molecule has 3 rings (SSSR count). The first-order valence-electron chi connectivity index (χ1n) is 6.77. The quantitative estimate of drug-likeness (QED) is 0.868. The number of pyridine rings is 1. The molecule has 5 nitrogen and oxygen atoms in total. The molecular formula is C14H18N2O3. The molecule has 0 aromatic carbocycles. The van der Waals surface area contributed by atoms with Crippen LogP contribution in [-0.4, -0.2) is 42.4 Å².